The quantitative estimate of drug-likeness (QED) is 0.482. The lowest BCUT2D eigenvalue weighted by atomic mass is 9.80. The zero-order chi connectivity index (χ0) is 19.6. The SMILES string of the molecule is COC(=O)C1=C(C)N(OC)C(C)=C(C(=O)O)C1c1cccc([N+](=O)[O-])c1. The summed E-state index contributed by atoms with van der Waals surface area (Å²) in [6.45, 7) is 3.12. The van der Waals surface area contributed by atoms with Gasteiger partial charge in [-0.3, -0.25) is 15.0 Å². The molecule has 1 atom stereocenters. The Morgan fingerprint density at radius 2 is 1.81 bits per heavy atom. The van der Waals surface area contributed by atoms with Crippen LogP contribution in [0.5, 0.6) is 0 Å². The lowest BCUT2D eigenvalue weighted by Crippen LogP contribution is -2.34. The van der Waals surface area contributed by atoms with Crippen molar-refractivity contribution in [3.8, 4) is 0 Å². The molecule has 0 aliphatic carbocycles. The molecule has 138 valence electrons. The second-order valence-corrected chi connectivity index (χ2v) is 5.56. The second-order valence-electron chi connectivity index (χ2n) is 5.56. The van der Waals surface area contributed by atoms with Crippen molar-refractivity contribution >= 4 is 17.6 Å². The number of non-ortho nitro benzene ring substituents is 1. The minimum atomic E-state index is -1.27. The number of methoxy groups -OCH3 is 1. The van der Waals surface area contributed by atoms with Crippen LogP contribution in [0.25, 0.3) is 0 Å². The number of carbonyl (C=O) groups excluding carboxylic acids is 1. The minimum Gasteiger partial charge on any atom is -0.478 e. The molecular formula is C17H18N2O7. The van der Waals surface area contributed by atoms with Crippen molar-refractivity contribution in [3.05, 3.63) is 62.5 Å². The number of nitro benzene ring substituents is 1. The van der Waals surface area contributed by atoms with E-state index in [4.69, 9.17) is 9.57 Å². The van der Waals surface area contributed by atoms with Crippen LogP contribution in [0.3, 0.4) is 0 Å². The van der Waals surface area contributed by atoms with E-state index in [0.717, 1.165) is 0 Å². The van der Waals surface area contributed by atoms with Gasteiger partial charge in [0.15, 0.2) is 0 Å². The molecule has 1 aromatic carbocycles. The van der Waals surface area contributed by atoms with E-state index in [0.29, 0.717) is 11.3 Å². The third kappa shape index (κ3) is 3.16. The number of nitrogens with zero attached hydrogens (tertiary/aromatic N) is 2. The molecule has 1 unspecified atom stereocenters. The van der Waals surface area contributed by atoms with Gasteiger partial charge >= 0.3 is 11.9 Å². The van der Waals surface area contributed by atoms with Crippen LogP contribution < -0.4 is 0 Å². The predicted molar refractivity (Wildman–Crippen MR) is 89.7 cm³/mol. The van der Waals surface area contributed by atoms with E-state index in [9.17, 15) is 24.8 Å². The number of esters is 1. The second kappa shape index (κ2) is 7.36. The largest absolute Gasteiger partial charge is 0.478 e. The third-order valence-electron chi connectivity index (χ3n) is 4.20. The van der Waals surface area contributed by atoms with Crippen LogP contribution in [-0.4, -0.2) is 41.3 Å². The van der Waals surface area contributed by atoms with E-state index in [1.165, 1.54) is 50.5 Å². The highest BCUT2D eigenvalue weighted by atomic mass is 16.7. The summed E-state index contributed by atoms with van der Waals surface area (Å²) in [7, 11) is 2.52. The normalized spacial score (nSPS) is 17.4. The smallest absolute Gasteiger partial charge is 0.336 e. The summed E-state index contributed by atoms with van der Waals surface area (Å²) in [5.41, 5.74) is 0.614. The summed E-state index contributed by atoms with van der Waals surface area (Å²) in [6, 6.07) is 5.51. The number of hydrogen-bond acceptors (Lipinski definition) is 7. The monoisotopic (exact) mass is 362 g/mol. The van der Waals surface area contributed by atoms with Gasteiger partial charge in [0.05, 0.1) is 47.6 Å². The maximum absolute atomic E-state index is 12.4. The fraction of sp³-hybridized carbons (Fsp3) is 0.294. The first-order valence-electron chi connectivity index (χ1n) is 7.56. The Kier molecular flexibility index (Phi) is 5.41. The van der Waals surface area contributed by atoms with E-state index in [-0.39, 0.29) is 22.5 Å². The van der Waals surface area contributed by atoms with Crippen LogP contribution in [0.1, 0.15) is 25.3 Å². The van der Waals surface area contributed by atoms with Crippen molar-refractivity contribution in [1.82, 2.24) is 5.06 Å². The van der Waals surface area contributed by atoms with Gasteiger partial charge in [-0.1, -0.05) is 12.1 Å². The number of nitro groups is 1. The summed E-state index contributed by atoms with van der Waals surface area (Å²) in [4.78, 5) is 40.1. The van der Waals surface area contributed by atoms with Gasteiger partial charge in [-0.15, -0.1) is 0 Å². The molecule has 26 heavy (non-hydrogen) atoms. The molecular weight excluding hydrogens is 344 g/mol. The average Bonchev–Trinajstić information content (AvgIpc) is 2.60. The van der Waals surface area contributed by atoms with Gasteiger partial charge in [0.1, 0.15) is 0 Å². The molecule has 0 radical (unpaired) electrons. The Morgan fingerprint density at radius 3 is 2.31 bits per heavy atom. The van der Waals surface area contributed by atoms with Gasteiger partial charge in [-0.05, 0) is 19.4 Å². The number of rotatable bonds is 5. The van der Waals surface area contributed by atoms with Gasteiger partial charge in [-0.2, -0.15) is 0 Å². The molecule has 0 saturated heterocycles. The molecule has 1 heterocycles. The van der Waals surface area contributed by atoms with Crippen molar-refractivity contribution < 1.29 is 29.2 Å². The van der Waals surface area contributed by atoms with Crippen molar-refractivity contribution in [3.63, 3.8) is 0 Å². The number of benzene rings is 1. The lowest BCUT2D eigenvalue weighted by Gasteiger charge is -2.35. The number of allylic oxidation sites excluding steroid dienone is 2. The maximum Gasteiger partial charge on any atom is 0.336 e. The molecule has 0 saturated carbocycles. The van der Waals surface area contributed by atoms with Crippen LogP contribution in [0, 0.1) is 10.1 Å². The Labute approximate surface area is 149 Å². The zero-order valence-electron chi connectivity index (χ0n) is 14.7. The molecule has 1 aliphatic rings. The highest BCUT2D eigenvalue weighted by Crippen LogP contribution is 2.42. The summed E-state index contributed by atoms with van der Waals surface area (Å²) in [5, 5.41) is 22.1. The Hall–Kier alpha value is -3.20. The van der Waals surface area contributed by atoms with Crippen LogP contribution >= 0.6 is 0 Å². The fourth-order valence-electron chi connectivity index (χ4n) is 3.11. The van der Waals surface area contributed by atoms with E-state index in [1.807, 2.05) is 0 Å². The molecule has 0 fully saturated rings. The molecule has 9 heteroatoms. The number of carbonyl (C=O) groups is 2. The molecule has 1 aliphatic heterocycles. The van der Waals surface area contributed by atoms with E-state index in [1.54, 1.807) is 6.92 Å². The maximum atomic E-state index is 12.4. The number of ether oxygens (including phenoxy) is 1. The highest BCUT2D eigenvalue weighted by molar-refractivity contribution is 5.99. The molecule has 1 aromatic rings. The van der Waals surface area contributed by atoms with Crippen LogP contribution in [0.2, 0.25) is 0 Å². The number of hydroxylamine groups is 2. The summed E-state index contributed by atoms with van der Waals surface area (Å²) >= 11 is 0. The van der Waals surface area contributed by atoms with Crippen molar-refractivity contribution in [2.45, 2.75) is 19.8 Å². The summed E-state index contributed by atoms with van der Waals surface area (Å²) < 4.78 is 4.82. The zero-order valence-corrected chi connectivity index (χ0v) is 14.7. The Balaban J connectivity index is 2.80. The minimum absolute atomic E-state index is 0.0397. The number of aliphatic carboxylic acids is 1. The van der Waals surface area contributed by atoms with Crippen LogP contribution in [-0.2, 0) is 19.2 Å². The summed E-state index contributed by atoms with van der Waals surface area (Å²) in [5.74, 6) is -3.05. The van der Waals surface area contributed by atoms with Crippen LogP contribution in [0.4, 0.5) is 5.69 Å². The van der Waals surface area contributed by atoms with Gasteiger partial charge < -0.3 is 9.84 Å². The first-order valence-corrected chi connectivity index (χ1v) is 7.56. The molecule has 0 aromatic heterocycles. The number of hydrogen-bond donors (Lipinski definition) is 1. The Bertz CT molecular complexity index is 841. The van der Waals surface area contributed by atoms with Crippen LogP contribution in [0.15, 0.2) is 46.8 Å². The standard InChI is InChI=1S/C17H18N2O7/c1-9-13(16(20)21)15(11-6-5-7-12(8-11)19(23)24)14(17(22)25-3)10(2)18(9)26-4/h5-8,15H,1-4H3,(H,20,21). The Morgan fingerprint density at radius 1 is 1.19 bits per heavy atom. The summed E-state index contributed by atoms with van der Waals surface area (Å²) in [6.07, 6.45) is 0. The van der Waals surface area contributed by atoms with E-state index in [2.05, 4.69) is 0 Å². The lowest BCUT2D eigenvalue weighted by molar-refractivity contribution is -0.384. The molecule has 0 spiro atoms. The van der Waals surface area contributed by atoms with Crippen molar-refractivity contribution in [1.29, 1.82) is 0 Å². The van der Waals surface area contributed by atoms with Crippen molar-refractivity contribution in [2.75, 3.05) is 14.2 Å². The topological polar surface area (TPSA) is 119 Å². The van der Waals surface area contributed by atoms with E-state index < -0.39 is 22.8 Å². The molecule has 0 amide bonds. The van der Waals surface area contributed by atoms with Gasteiger partial charge in [0, 0.05) is 12.1 Å². The highest BCUT2D eigenvalue weighted by Gasteiger charge is 2.40. The fourth-order valence-corrected chi connectivity index (χ4v) is 3.11. The molecule has 9 nitrogen and oxygen atoms in total. The van der Waals surface area contributed by atoms with Gasteiger partial charge in [-0.25, -0.2) is 14.7 Å². The first kappa shape index (κ1) is 19.1. The van der Waals surface area contributed by atoms with Crippen molar-refractivity contribution in [2.24, 2.45) is 0 Å². The number of carboxylic acid groups (broad SMARTS) is 1. The molecule has 0 bridgehead atoms. The third-order valence-corrected chi connectivity index (χ3v) is 4.20. The first-order chi connectivity index (χ1) is 12.2. The molecule has 1 N–H and O–H groups in total. The van der Waals surface area contributed by atoms with Gasteiger partial charge in [0.2, 0.25) is 0 Å². The van der Waals surface area contributed by atoms with Gasteiger partial charge in [0.25, 0.3) is 5.69 Å². The molecule has 2 rings (SSSR count). The number of carboxylic acids is 1. The average molecular weight is 362 g/mol. The predicted octanol–water partition coefficient (Wildman–Crippen LogP) is 2.36. The van der Waals surface area contributed by atoms with E-state index >= 15 is 0 Å².